The quantitative estimate of drug-likeness (QED) is 0.578. The van der Waals surface area contributed by atoms with Crippen LogP contribution in [0.25, 0.3) is 0 Å². The van der Waals surface area contributed by atoms with Gasteiger partial charge in [-0.1, -0.05) is 0 Å². The van der Waals surface area contributed by atoms with Crippen LogP contribution in [-0.2, 0) is 19.4 Å². The second kappa shape index (κ2) is 3.20. The van der Waals surface area contributed by atoms with E-state index in [0.29, 0.717) is 0 Å². The fraction of sp³-hybridized carbons (Fsp3) is 0.778. The van der Waals surface area contributed by atoms with Gasteiger partial charge in [-0.05, 0) is 13.8 Å². The highest BCUT2D eigenvalue weighted by Gasteiger charge is 2.71. The second-order valence-corrected chi connectivity index (χ2v) is 7.49. The van der Waals surface area contributed by atoms with E-state index in [1.807, 2.05) is 0 Å². The lowest BCUT2D eigenvalue weighted by molar-refractivity contribution is -0.162. The smallest absolute Gasteiger partial charge is 0.328 e. The Labute approximate surface area is 98.5 Å². The summed E-state index contributed by atoms with van der Waals surface area (Å²) < 4.78 is 22.9. The predicted octanol–water partition coefficient (Wildman–Crippen LogP) is -1.61. The van der Waals surface area contributed by atoms with E-state index in [1.165, 1.54) is 13.8 Å². The first kappa shape index (κ1) is 12.3. The number of carbonyl (C=O) groups excluding carboxylic acids is 1. The minimum atomic E-state index is -3.71. The Hall–Kier alpha value is -1.15. The van der Waals surface area contributed by atoms with Crippen molar-refractivity contribution in [1.29, 1.82) is 0 Å². The molecule has 0 spiro atoms. The molecule has 0 saturated carbocycles. The Morgan fingerprint density at radius 1 is 1.53 bits per heavy atom. The number of hydrogen-bond donors (Lipinski definition) is 2. The van der Waals surface area contributed by atoms with E-state index in [0.717, 1.165) is 4.90 Å². The van der Waals surface area contributed by atoms with Crippen LogP contribution in [0, 0.1) is 5.92 Å². The number of carboxylic acids is 1. The minimum absolute atomic E-state index is 0.0817. The lowest BCUT2D eigenvalue weighted by Crippen LogP contribution is -2.65. The van der Waals surface area contributed by atoms with Crippen molar-refractivity contribution in [3.05, 3.63) is 0 Å². The van der Waals surface area contributed by atoms with Crippen molar-refractivity contribution in [1.82, 2.24) is 4.90 Å². The van der Waals surface area contributed by atoms with Gasteiger partial charge in [-0.2, -0.15) is 0 Å². The Balaban J connectivity index is 2.56. The molecule has 8 heteroatoms. The third-order valence-corrected chi connectivity index (χ3v) is 6.55. The van der Waals surface area contributed by atoms with Crippen molar-refractivity contribution >= 4 is 21.7 Å². The summed E-state index contributed by atoms with van der Waals surface area (Å²) >= 11 is 0. The van der Waals surface area contributed by atoms with Crippen LogP contribution in [0.3, 0.4) is 0 Å². The Bertz CT molecular complexity index is 498. The van der Waals surface area contributed by atoms with E-state index >= 15 is 0 Å². The highest BCUT2D eigenvalue weighted by Crippen LogP contribution is 2.48. The largest absolute Gasteiger partial charge is 0.480 e. The van der Waals surface area contributed by atoms with Gasteiger partial charge in [-0.25, -0.2) is 13.2 Å². The van der Waals surface area contributed by atoms with E-state index in [9.17, 15) is 18.0 Å². The zero-order chi connectivity index (χ0) is 13.2. The SMILES string of the molecule is CC1(C)[C@H](C(=O)O)N2C(=O)[C@@H](CN)[C@H]2S1(=O)=O. The van der Waals surface area contributed by atoms with Crippen molar-refractivity contribution in [2.75, 3.05) is 6.54 Å². The van der Waals surface area contributed by atoms with Crippen molar-refractivity contribution in [3.63, 3.8) is 0 Å². The van der Waals surface area contributed by atoms with Gasteiger partial charge in [0, 0.05) is 6.54 Å². The van der Waals surface area contributed by atoms with Gasteiger partial charge in [0.25, 0.3) is 0 Å². The number of aliphatic carboxylic acids is 1. The number of fused-ring (bicyclic) bond motifs is 1. The zero-order valence-electron chi connectivity index (χ0n) is 9.45. The van der Waals surface area contributed by atoms with Gasteiger partial charge < -0.3 is 15.7 Å². The molecule has 2 rings (SSSR count). The molecule has 3 atom stereocenters. The first-order valence-electron chi connectivity index (χ1n) is 5.16. The summed E-state index contributed by atoms with van der Waals surface area (Å²) in [6.45, 7) is 2.59. The monoisotopic (exact) mass is 262 g/mol. The summed E-state index contributed by atoms with van der Waals surface area (Å²) in [5.41, 5.74) is 5.35. The molecule has 2 aliphatic heterocycles. The van der Waals surface area contributed by atoms with Gasteiger partial charge in [0.2, 0.25) is 5.91 Å². The number of nitrogens with zero attached hydrogens (tertiary/aromatic N) is 1. The summed E-state index contributed by atoms with van der Waals surface area (Å²) in [6.07, 6.45) is 0. The van der Waals surface area contributed by atoms with Crippen LogP contribution < -0.4 is 5.73 Å². The number of sulfone groups is 1. The number of carbonyl (C=O) groups is 2. The summed E-state index contributed by atoms with van der Waals surface area (Å²) in [6, 6.07) is -1.33. The van der Waals surface area contributed by atoms with Crippen LogP contribution in [0.1, 0.15) is 13.8 Å². The maximum Gasteiger partial charge on any atom is 0.328 e. The molecule has 2 fully saturated rings. The molecule has 7 nitrogen and oxygen atoms in total. The first-order chi connectivity index (χ1) is 7.67. The van der Waals surface area contributed by atoms with Crippen molar-refractivity contribution in [3.8, 4) is 0 Å². The van der Waals surface area contributed by atoms with E-state index in [2.05, 4.69) is 0 Å². The number of hydrogen-bond acceptors (Lipinski definition) is 5. The van der Waals surface area contributed by atoms with E-state index in [-0.39, 0.29) is 6.54 Å². The molecule has 17 heavy (non-hydrogen) atoms. The highest BCUT2D eigenvalue weighted by molar-refractivity contribution is 7.93. The lowest BCUT2D eigenvalue weighted by atomic mass is 9.92. The number of β-lactam (4-membered cyclic amide) rings is 1. The standard InChI is InChI=1S/C9H14N2O5S/c1-9(2)5(8(13)14)11-6(12)4(3-10)7(11)17(9,15)16/h4-5,7H,3,10H2,1-2H3,(H,13,14)/t4-,5+,7-/m1/s1. The number of carboxylic acid groups (broad SMARTS) is 1. The molecule has 0 bridgehead atoms. The van der Waals surface area contributed by atoms with Gasteiger partial charge >= 0.3 is 5.97 Å². The van der Waals surface area contributed by atoms with E-state index in [4.69, 9.17) is 10.8 Å². The average Bonchev–Trinajstić information content (AvgIpc) is 2.32. The Kier molecular flexibility index (Phi) is 2.32. The van der Waals surface area contributed by atoms with Gasteiger partial charge in [-0.15, -0.1) is 0 Å². The number of amides is 1. The first-order valence-corrected chi connectivity index (χ1v) is 6.71. The van der Waals surface area contributed by atoms with Crippen LogP contribution in [0.2, 0.25) is 0 Å². The van der Waals surface area contributed by atoms with E-state index < -0.39 is 43.8 Å². The third-order valence-electron chi connectivity index (χ3n) is 3.67. The maximum absolute atomic E-state index is 12.2. The highest BCUT2D eigenvalue weighted by atomic mass is 32.2. The van der Waals surface area contributed by atoms with E-state index in [1.54, 1.807) is 0 Å². The molecule has 0 aliphatic carbocycles. The lowest BCUT2D eigenvalue weighted by Gasteiger charge is -2.42. The van der Waals surface area contributed by atoms with Crippen LogP contribution >= 0.6 is 0 Å². The Morgan fingerprint density at radius 3 is 2.47 bits per heavy atom. The molecule has 0 aromatic carbocycles. The van der Waals surface area contributed by atoms with Crippen LogP contribution in [0.15, 0.2) is 0 Å². The second-order valence-electron chi connectivity index (χ2n) is 4.87. The third kappa shape index (κ3) is 1.17. The summed E-state index contributed by atoms with van der Waals surface area (Å²) in [5, 5.41) is 8.02. The van der Waals surface area contributed by atoms with Gasteiger partial charge in [0.05, 0.1) is 10.7 Å². The normalized spacial score (nSPS) is 37.5. The minimum Gasteiger partial charge on any atom is -0.480 e. The number of rotatable bonds is 2. The molecule has 0 aromatic heterocycles. The molecule has 0 aromatic rings. The van der Waals surface area contributed by atoms with Crippen LogP contribution in [0.4, 0.5) is 0 Å². The molecule has 96 valence electrons. The molecule has 1 amide bonds. The fourth-order valence-corrected chi connectivity index (χ4v) is 4.96. The molecule has 2 saturated heterocycles. The van der Waals surface area contributed by atoms with Crippen LogP contribution in [0.5, 0.6) is 0 Å². The number of nitrogens with two attached hydrogens (primary N) is 1. The Morgan fingerprint density at radius 2 is 2.06 bits per heavy atom. The van der Waals surface area contributed by atoms with Crippen molar-refractivity contribution < 1.29 is 23.1 Å². The molecule has 0 radical (unpaired) electrons. The molecular weight excluding hydrogens is 248 g/mol. The van der Waals surface area contributed by atoms with Gasteiger partial charge in [0.1, 0.15) is 11.4 Å². The average molecular weight is 262 g/mol. The molecule has 2 aliphatic rings. The van der Waals surface area contributed by atoms with Crippen LogP contribution in [-0.4, -0.2) is 53.0 Å². The zero-order valence-corrected chi connectivity index (χ0v) is 10.3. The fourth-order valence-electron chi connectivity index (χ4n) is 2.63. The summed E-state index contributed by atoms with van der Waals surface area (Å²) in [5.74, 6) is -2.59. The molecule has 2 heterocycles. The van der Waals surface area contributed by atoms with Crippen molar-refractivity contribution in [2.45, 2.75) is 30.0 Å². The van der Waals surface area contributed by atoms with Gasteiger partial charge in [0.15, 0.2) is 9.84 Å². The summed E-state index contributed by atoms with van der Waals surface area (Å²) in [4.78, 5) is 23.8. The van der Waals surface area contributed by atoms with Gasteiger partial charge in [-0.3, -0.25) is 4.79 Å². The maximum atomic E-state index is 12.2. The molecular formula is C9H14N2O5S. The predicted molar refractivity (Wildman–Crippen MR) is 57.6 cm³/mol. The summed E-state index contributed by atoms with van der Waals surface area (Å²) in [7, 11) is -3.71. The molecule has 3 N–H and O–H groups in total. The van der Waals surface area contributed by atoms with Crippen molar-refractivity contribution in [2.24, 2.45) is 11.7 Å². The topological polar surface area (TPSA) is 118 Å². The molecule has 0 unspecified atom stereocenters.